The normalized spacial score (nSPS) is 19.4. The second kappa shape index (κ2) is 10.1. The summed E-state index contributed by atoms with van der Waals surface area (Å²) < 4.78 is 5.50. The van der Waals surface area contributed by atoms with Crippen molar-refractivity contribution < 1.29 is 14.4 Å². The molecule has 1 amide bonds. The molecule has 0 bridgehead atoms. The molecule has 4 heteroatoms. The van der Waals surface area contributed by atoms with Gasteiger partial charge in [0.25, 0.3) is 0 Å². The van der Waals surface area contributed by atoms with Gasteiger partial charge in [-0.3, -0.25) is 4.79 Å². The number of nitrogens with one attached hydrogen (secondary N) is 2. The van der Waals surface area contributed by atoms with Crippen LogP contribution in [0.25, 0.3) is 0 Å². The van der Waals surface area contributed by atoms with E-state index in [1.165, 1.54) is 11.1 Å². The Morgan fingerprint density at radius 1 is 1.04 bits per heavy atom. The van der Waals surface area contributed by atoms with E-state index in [0.717, 1.165) is 51.2 Å². The van der Waals surface area contributed by atoms with Crippen LogP contribution in [-0.4, -0.2) is 32.1 Å². The van der Waals surface area contributed by atoms with Crippen molar-refractivity contribution in [2.24, 2.45) is 5.92 Å². The fourth-order valence-corrected chi connectivity index (χ4v) is 3.74. The lowest BCUT2D eigenvalue weighted by Crippen LogP contribution is -3.11. The maximum absolute atomic E-state index is 12.4. The van der Waals surface area contributed by atoms with E-state index in [1.54, 1.807) is 4.90 Å². The standard InChI is InChI=1S/C23H30N2O2/c1-2-27-22-10-8-20(9-11-22)18-25-16-13-21(14-17-25)23(26)24-15-12-19-6-4-3-5-7-19/h3-11,21H,2,12-18H2,1H3,(H,24,26)/p+1. The largest absolute Gasteiger partial charge is 0.494 e. The number of benzene rings is 2. The summed E-state index contributed by atoms with van der Waals surface area (Å²) >= 11 is 0. The number of rotatable bonds is 8. The van der Waals surface area contributed by atoms with Gasteiger partial charge in [-0.25, -0.2) is 0 Å². The zero-order valence-corrected chi connectivity index (χ0v) is 16.2. The minimum absolute atomic E-state index is 0.171. The lowest BCUT2D eigenvalue weighted by Gasteiger charge is -2.28. The minimum Gasteiger partial charge on any atom is -0.494 e. The van der Waals surface area contributed by atoms with Crippen LogP contribution in [0.3, 0.4) is 0 Å². The molecular weight excluding hydrogens is 336 g/mol. The first-order valence-corrected chi connectivity index (χ1v) is 10.1. The van der Waals surface area contributed by atoms with Crippen LogP contribution < -0.4 is 15.0 Å². The van der Waals surface area contributed by atoms with E-state index in [0.29, 0.717) is 6.61 Å². The number of hydrogen-bond acceptors (Lipinski definition) is 2. The molecule has 27 heavy (non-hydrogen) atoms. The lowest BCUT2D eigenvalue weighted by molar-refractivity contribution is -0.919. The average Bonchev–Trinajstić information content (AvgIpc) is 2.71. The van der Waals surface area contributed by atoms with Crippen molar-refractivity contribution in [3.05, 3.63) is 65.7 Å². The molecule has 3 rings (SSSR count). The molecule has 0 spiro atoms. The predicted octanol–water partition coefficient (Wildman–Crippen LogP) is 2.24. The Bertz CT molecular complexity index is 692. The quantitative estimate of drug-likeness (QED) is 0.751. The summed E-state index contributed by atoms with van der Waals surface area (Å²) in [5.74, 6) is 1.33. The van der Waals surface area contributed by atoms with E-state index < -0.39 is 0 Å². The molecule has 1 heterocycles. The third-order valence-electron chi connectivity index (χ3n) is 5.31. The van der Waals surface area contributed by atoms with Crippen LogP contribution in [0.1, 0.15) is 30.9 Å². The van der Waals surface area contributed by atoms with Gasteiger partial charge in [-0.2, -0.15) is 0 Å². The van der Waals surface area contributed by atoms with E-state index in [1.807, 2.05) is 37.3 Å². The minimum atomic E-state index is 0.171. The molecular formula is C23H31N2O2+. The Morgan fingerprint density at radius 3 is 2.41 bits per heavy atom. The Balaban J connectivity index is 1.37. The monoisotopic (exact) mass is 367 g/mol. The summed E-state index contributed by atoms with van der Waals surface area (Å²) in [5, 5.41) is 3.12. The Hall–Kier alpha value is -2.33. The van der Waals surface area contributed by atoms with Crippen LogP contribution in [0.5, 0.6) is 5.75 Å². The van der Waals surface area contributed by atoms with E-state index in [-0.39, 0.29) is 11.8 Å². The van der Waals surface area contributed by atoms with E-state index >= 15 is 0 Å². The molecule has 1 aliphatic heterocycles. The second-order valence-electron chi connectivity index (χ2n) is 7.30. The molecule has 144 valence electrons. The molecule has 0 saturated carbocycles. The summed E-state index contributed by atoms with van der Waals surface area (Å²) in [5.41, 5.74) is 2.60. The van der Waals surface area contributed by atoms with Gasteiger partial charge >= 0.3 is 0 Å². The summed E-state index contributed by atoms with van der Waals surface area (Å²) in [7, 11) is 0. The predicted molar refractivity (Wildman–Crippen MR) is 108 cm³/mol. The summed E-state index contributed by atoms with van der Waals surface area (Å²) in [4.78, 5) is 14.0. The zero-order chi connectivity index (χ0) is 18.9. The number of amides is 1. The highest BCUT2D eigenvalue weighted by Gasteiger charge is 2.27. The molecule has 0 unspecified atom stereocenters. The van der Waals surface area contributed by atoms with E-state index in [9.17, 15) is 4.79 Å². The van der Waals surface area contributed by atoms with Gasteiger partial charge in [-0.05, 0) is 43.2 Å². The molecule has 1 fully saturated rings. The van der Waals surface area contributed by atoms with Crippen LogP contribution in [0.4, 0.5) is 0 Å². The number of quaternary nitrogens is 1. The number of hydrogen-bond donors (Lipinski definition) is 2. The van der Waals surface area contributed by atoms with Crippen molar-refractivity contribution in [2.45, 2.75) is 32.7 Å². The Kier molecular flexibility index (Phi) is 7.28. The summed E-state index contributed by atoms with van der Waals surface area (Å²) in [6.07, 6.45) is 2.85. The Morgan fingerprint density at radius 2 is 1.74 bits per heavy atom. The molecule has 4 nitrogen and oxygen atoms in total. The topological polar surface area (TPSA) is 42.8 Å². The first-order valence-electron chi connectivity index (χ1n) is 10.1. The van der Waals surface area contributed by atoms with Crippen molar-refractivity contribution >= 4 is 5.91 Å². The first-order chi connectivity index (χ1) is 13.2. The third-order valence-corrected chi connectivity index (χ3v) is 5.31. The van der Waals surface area contributed by atoms with Crippen molar-refractivity contribution in [3.8, 4) is 5.75 Å². The molecule has 1 saturated heterocycles. The number of carbonyl (C=O) groups excluding carboxylic acids is 1. The summed E-state index contributed by atoms with van der Waals surface area (Å²) in [6, 6.07) is 18.7. The Labute approximate surface area is 162 Å². The van der Waals surface area contributed by atoms with E-state index in [2.05, 4.69) is 29.6 Å². The number of likely N-dealkylation sites (tertiary alicyclic amines) is 1. The van der Waals surface area contributed by atoms with Crippen LogP contribution >= 0.6 is 0 Å². The van der Waals surface area contributed by atoms with Crippen LogP contribution in [-0.2, 0) is 17.8 Å². The van der Waals surface area contributed by atoms with Crippen molar-refractivity contribution in [1.82, 2.24) is 5.32 Å². The van der Waals surface area contributed by atoms with Gasteiger partial charge in [0.15, 0.2) is 0 Å². The van der Waals surface area contributed by atoms with Crippen LogP contribution in [0.2, 0.25) is 0 Å². The van der Waals surface area contributed by atoms with Gasteiger partial charge in [0.05, 0.1) is 19.7 Å². The molecule has 0 radical (unpaired) electrons. The summed E-state index contributed by atoms with van der Waals surface area (Å²) in [6.45, 7) is 6.57. The molecule has 2 aromatic rings. The maximum atomic E-state index is 12.4. The van der Waals surface area contributed by atoms with Gasteiger partial charge in [0.2, 0.25) is 5.91 Å². The number of carbonyl (C=O) groups is 1. The molecule has 0 atom stereocenters. The number of ether oxygens (including phenoxy) is 1. The maximum Gasteiger partial charge on any atom is 0.223 e. The lowest BCUT2D eigenvalue weighted by atomic mass is 9.95. The van der Waals surface area contributed by atoms with Gasteiger partial charge in [-0.15, -0.1) is 0 Å². The van der Waals surface area contributed by atoms with Gasteiger partial charge in [0.1, 0.15) is 12.3 Å². The SMILES string of the molecule is CCOc1ccc(C[NH+]2CCC(C(=O)NCCc3ccccc3)CC2)cc1. The van der Waals surface area contributed by atoms with Crippen LogP contribution in [0.15, 0.2) is 54.6 Å². The zero-order valence-electron chi connectivity index (χ0n) is 16.2. The second-order valence-corrected chi connectivity index (χ2v) is 7.30. The fourth-order valence-electron chi connectivity index (χ4n) is 3.74. The fraction of sp³-hybridized carbons (Fsp3) is 0.435. The average molecular weight is 368 g/mol. The first kappa shape index (κ1) is 19.4. The van der Waals surface area contributed by atoms with Gasteiger partial charge < -0.3 is 15.0 Å². The highest BCUT2D eigenvalue weighted by molar-refractivity contribution is 5.78. The van der Waals surface area contributed by atoms with Crippen molar-refractivity contribution in [2.75, 3.05) is 26.2 Å². The highest BCUT2D eigenvalue weighted by Crippen LogP contribution is 2.13. The molecule has 2 aromatic carbocycles. The van der Waals surface area contributed by atoms with Crippen molar-refractivity contribution in [3.63, 3.8) is 0 Å². The third kappa shape index (κ3) is 6.10. The van der Waals surface area contributed by atoms with Crippen molar-refractivity contribution in [1.29, 1.82) is 0 Å². The smallest absolute Gasteiger partial charge is 0.223 e. The number of piperidine rings is 1. The molecule has 0 aromatic heterocycles. The molecule has 0 aliphatic carbocycles. The highest BCUT2D eigenvalue weighted by atomic mass is 16.5. The van der Waals surface area contributed by atoms with Gasteiger partial charge in [-0.1, -0.05) is 30.3 Å². The molecule has 1 aliphatic rings. The molecule has 2 N–H and O–H groups in total. The van der Waals surface area contributed by atoms with Crippen LogP contribution in [0, 0.1) is 5.92 Å². The van der Waals surface area contributed by atoms with E-state index in [4.69, 9.17) is 4.74 Å². The van der Waals surface area contributed by atoms with Gasteiger partial charge in [0, 0.05) is 30.9 Å².